The summed E-state index contributed by atoms with van der Waals surface area (Å²) < 4.78 is 52.9. The van der Waals surface area contributed by atoms with Gasteiger partial charge in [0.15, 0.2) is 0 Å². The lowest BCUT2D eigenvalue weighted by Crippen LogP contribution is -2.41. The fraction of sp³-hybridized carbons (Fsp3) is 0.375. The summed E-state index contributed by atoms with van der Waals surface area (Å²) >= 11 is 10.5. The molecule has 0 amide bonds. The van der Waals surface area contributed by atoms with E-state index in [1.807, 2.05) is 0 Å². The molecule has 2 atom stereocenters. The minimum Gasteiger partial charge on any atom is -0.598 e. The molecule has 0 aliphatic heterocycles. The Morgan fingerprint density at radius 3 is 2.08 bits per heavy atom. The highest BCUT2D eigenvalue weighted by Gasteiger charge is 2.35. The van der Waals surface area contributed by atoms with Crippen LogP contribution < -0.4 is 4.72 Å². The fourth-order valence-electron chi connectivity index (χ4n) is 1.94. The van der Waals surface area contributed by atoms with Gasteiger partial charge in [-0.15, -0.1) is 4.72 Å². The molecule has 0 saturated carbocycles. The average Bonchev–Trinajstić information content (AvgIpc) is 2.53. The number of alkyl halides is 3. The van der Waals surface area contributed by atoms with E-state index in [1.54, 1.807) is 39.0 Å². The first-order valence-electron chi connectivity index (χ1n) is 7.41. The Morgan fingerprint density at radius 2 is 1.62 bits per heavy atom. The number of nitrogens with one attached hydrogen (secondary N) is 1. The van der Waals surface area contributed by atoms with E-state index < -0.39 is 34.2 Å². The molecule has 0 spiro atoms. The summed E-state index contributed by atoms with van der Waals surface area (Å²) in [5, 5.41) is 0.597. The largest absolute Gasteiger partial charge is 0.598 e. The maximum absolute atomic E-state index is 12.7. The Kier molecular flexibility index (Phi) is 6.45. The zero-order chi connectivity index (χ0) is 19.7. The van der Waals surface area contributed by atoms with Crippen molar-refractivity contribution in [3.63, 3.8) is 0 Å². The minimum atomic E-state index is -4.64. The average molecular weight is 426 g/mol. The molecular formula is C16H16Cl2F3N3OS. The van der Waals surface area contributed by atoms with Gasteiger partial charge in [-0.2, -0.15) is 13.2 Å². The molecule has 1 unspecified atom stereocenters. The predicted molar refractivity (Wildman–Crippen MR) is 96.4 cm³/mol. The van der Waals surface area contributed by atoms with Gasteiger partial charge in [0.25, 0.3) is 0 Å². The van der Waals surface area contributed by atoms with Gasteiger partial charge >= 0.3 is 6.18 Å². The summed E-state index contributed by atoms with van der Waals surface area (Å²) in [6.07, 6.45) is -2.54. The number of benzene rings is 1. The quantitative estimate of drug-likeness (QED) is 0.704. The van der Waals surface area contributed by atoms with E-state index in [-0.39, 0.29) is 5.02 Å². The lowest BCUT2D eigenvalue weighted by molar-refractivity contribution is -0.145. The Balaban J connectivity index is 2.44. The highest BCUT2D eigenvalue weighted by atomic mass is 35.5. The van der Waals surface area contributed by atoms with Crippen LogP contribution in [0.2, 0.25) is 10.0 Å². The van der Waals surface area contributed by atoms with E-state index in [4.69, 9.17) is 23.2 Å². The highest BCUT2D eigenvalue weighted by molar-refractivity contribution is 7.90. The highest BCUT2D eigenvalue weighted by Crippen LogP contribution is 2.31. The van der Waals surface area contributed by atoms with E-state index in [1.165, 1.54) is 0 Å². The summed E-state index contributed by atoms with van der Waals surface area (Å²) in [6, 6.07) is 4.02. The Hall–Kier alpha value is -1.06. The number of hydrogen-bond acceptors (Lipinski definition) is 4. The molecule has 2 aromatic rings. The molecular weight excluding hydrogens is 410 g/mol. The van der Waals surface area contributed by atoms with Crippen molar-refractivity contribution >= 4 is 34.6 Å². The number of hydrogen-bond donors (Lipinski definition) is 1. The van der Waals surface area contributed by atoms with Crippen LogP contribution in [0.4, 0.5) is 13.2 Å². The van der Waals surface area contributed by atoms with Crippen LogP contribution >= 0.6 is 23.2 Å². The lowest BCUT2D eigenvalue weighted by Gasteiger charge is -2.28. The molecule has 4 nitrogen and oxygen atoms in total. The fourth-order valence-corrected chi connectivity index (χ4v) is 3.08. The third-order valence-corrected chi connectivity index (χ3v) is 5.62. The van der Waals surface area contributed by atoms with Gasteiger partial charge in [0, 0.05) is 29.3 Å². The molecule has 0 saturated heterocycles. The minimum absolute atomic E-state index is 0.269. The van der Waals surface area contributed by atoms with Crippen molar-refractivity contribution in [1.82, 2.24) is 14.7 Å². The second kappa shape index (κ2) is 7.90. The van der Waals surface area contributed by atoms with Crippen LogP contribution in [0.3, 0.4) is 0 Å². The van der Waals surface area contributed by atoms with E-state index >= 15 is 0 Å². The molecule has 1 heterocycles. The molecule has 0 fully saturated rings. The molecule has 0 aliphatic rings. The summed E-state index contributed by atoms with van der Waals surface area (Å²) in [6.45, 7) is 5.31. The van der Waals surface area contributed by atoms with Crippen LogP contribution in [-0.2, 0) is 17.5 Å². The van der Waals surface area contributed by atoms with Gasteiger partial charge in [0.1, 0.15) is 10.8 Å². The van der Waals surface area contributed by atoms with Crippen LogP contribution in [0.5, 0.6) is 0 Å². The van der Waals surface area contributed by atoms with Crippen LogP contribution in [0, 0.1) is 0 Å². The number of rotatable bonds is 4. The van der Waals surface area contributed by atoms with Crippen molar-refractivity contribution in [3.05, 3.63) is 57.6 Å². The van der Waals surface area contributed by atoms with Crippen LogP contribution in [0.15, 0.2) is 30.6 Å². The molecule has 0 bridgehead atoms. The van der Waals surface area contributed by atoms with Crippen molar-refractivity contribution < 1.29 is 17.7 Å². The zero-order valence-electron chi connectivity index (χ0n) is 14.1. The van der Waals surface area contributed by atoms with Gasteiger partial charge in [0.2, 0.25) is 5.82 Å². The first-order chi connectivity index (χ1) is 11.9. The normalized spacial score (nSPS) is 15.0. The second-order valence-electron chi connectivity index (χ2n) is 6.44. The van der Waals surface area contributed by atoms with E-state index in [0.29, 0.717) is 16.1 Å². The van der Waals surface area contributed by atoms with Crippen LogP contribution in [0.1, 0.15) is 43.8 Å². The first kappa shape index (κ1) is 21.2. The SMILES string of the molecule is CC(C)(C)[S+]([O-])N[C@@H](c1cnc(C(F)(F)F)nc1)c1ccc(Cl)c(Cl)c1. The third kappa shape index (κ3) is 5.23. The summed E-state index contributed by atoms with van der Waals surface area (Å²) in [7, 11) is 0. The third-order valence-electron chi connectivity index (χ3n) is 3.32. The number of halogens is 5. The topological polar surface area (TPSA) is 60.9 Å². The van der Waals surface area contributed by atoms with Gasteiger partial charge in [-0.25, -0.2) is 9.97 Å². The van der Waals surface area contributed by atoms with Gasteiger partial charge in [-0.3, -0.25) is 0 Å². The second-order valence-corrected chi connectivity index (χ2v) is 9.26. The van der Waals surface area contributed by atoms with E-state index in [2.05, 4.69) is 14.7 Å². The van der Waals surface area contributed by atoms with Crippen LogP contribution in [-0.4, -0.2) is 19.3 Å². The van der Waals surface area contributed by atoms with E-state index in [9.17, 15) is 17.7 Å². The Labute approximate surface area is 162 Å². The molecule has 10 heteroatoms. The maximum atomic E-state index is 12.7. The van der Waals surface area contributed by atoms with Crippen molar-refractivity contribution in [3.8, 4) is 0 Å². The first-order valence-corrected chi connectivity index (χ1v) is 9.32. The van der Waals surface area contributed by atoms with E-state index in [0.717, 1.165) is 12.4 Å². The van der Waals surface area contributed by atoms with Crippen molar-refractivity contribution in [1.29, 1.82) is 0 Å². The molecule has 2 rings (SSSR count). The summed E-state index contributed by atoms with van der Waals surface area (Å²) in [5.74, 6) is -1.24. The molecule has 142 valence electrons. The van der Waals surface area contributed by atoms with Gasteiger partial charge < -0.3 is 4.55 Å². The summed E-state index contributed by atoms with van der Waals surface area (Å²) in [4.78, 5) is 6.74. The maximum Gasteiger partial charge on any atom is 0.451 e. The Morgan fingerprint density at radius 1 is 1.04 bits per heavy atom. The molecule has 1 N–H and O–H groups in total. The van der Waals surface area contributed by atoms with Crippen molar-refractivity contribution in [2.75, 3.05) is 0 Å². The van der Waals surface area contributed by atoms with Gasteiger partial charge in [-0.05, 0) is 38.5 Å². The molecule has 26 heavy (non-hydrogen) atoms. The smallest absolute Gasteiger partial charge is 0.451 e. The molecule has 1 aromatic heterocycles. The standard InChI is InChI=1S/C16H16Cl2F3N3OS/c1-15(2,3)26(25)24-13(9-4-5-11(17)12(18)6-9)10-7-22-14(23-8-10)16(19,20)21/h4-8,13,24H,1-3H3/t13-,26?/m1/s1. The zero-order valence-corrected chi connectivity index (χ0v) is 16.4. The van der Waals surface area contributed by atoms with Gasteiger partial charge in [0.05, 0.1) is 10.0 Å². The number of nitrogens with zero attached hydrogens (tertiary/aromatic N) is 2. The monoisotopic (exact) mass is 425 g/mol. The molecule has 1 aromatic carbocycles. The van der Waals surface area contributed by atoms with Crippen LogP contribution in [0.25, 0.3) is 0 Å². The molecule has 0 aliphatic carbocycles. The van der Waals surface area contributed by atoms with Gasteiger partial charge in [-0.1, -0.05) is 29.3 Å². The molecule has 0 radical (unpaired) electrons. The summed E-state index contributed by atoms with van der Waals surface area (Å²) in [5.41, 5.74) is 0.884. The number of aromatic nitrogens is 2. The van der Waals surface area contributed by atoms with Crippen molar-refractivity contribution in [2.45, 2.75) is 37.7 Å². The van der Waals surface area contributed by atoms with Crippen molar-refractivity contribution in [2.24, 2.45) is 0 Å². The lowest BCUT2D eigenvalue weighted by atomic mass is 10.0. The Bertz CT molecular complexity index is 767. The predicted octanol–water partition coefficient (Wildman–Crippen LogP) is 4.94.